The van der Waals surface area contributed by atoms with Crippen molar-refractivity contribution in [1.29, 1.82) is 0 Å². The highest BCUT2D eigenvalue weighted by molar-refractivity contribution is 7.98. The summed E-state index contributed by atoms with van der Waals surface area (Å²) in [6.45, 7) is 2.71. The van der Waals surface area contributed by atoms with Crippen molar-refractivity contribution in [3.8, 4) is 0 Å². The molecule has 2 aromatic rings. The summed E-state index contributed by atoms with van der Waals surface area (Å²) in [7, 11) is -3.49. The Morgan fingerprint density at radius 3 is 2.77 bits per heavy atom. The number of fused-ring (bicyclic) bond motifs is 1. The lowest BCUT2D eigenvalue weighted by Gasteiger charge is -2.27. The molecule has 0 radical (unpaired) electrons. The van der Waals surface area contributed by atoms with Crippen LogP contribution in [-0.4, -0.2) is 30.0 Å². The van der Waals surface area contributed by atoms with Crippen LogP contribution in [0.15, 0.2) is 35.7 Å². The normalized spacial score (nSPS) is 19.1. The van der Waals surface area contributed by atoms with E-state index in [1.54, 1.807) is 6.08 Å². The summed E-state index contributed by atoms with van der Waals surface area (Å²) in [6, 6.07) is 10.3. The highest BCUT2D eigenvalue weighted by atomic mass is 32.2. The molecule has 1 N–H and O–H groups in total. The Morgan fingerprint density at radius 2 is 2.00 bits per heavy atom. The lowest BCUT2D eigenvalue weighted by molar-refractivity contribution is 0.303. The molecule has 4 rings (SSSR count). The molecule has 5 nitrogen and oxygen atoms in total. The topological polar surface area (TPSA) is 64.0 Å². The summed E-state index contributed by atoms with van der Waals surface area (Å²) in [4.78, 5) is 0. The third-order valence-electron chi connectivity index (χ3n) is 6.21. The minimum Gasteiger partial charge on any atom is -0.264 e. The maximum absolute atomic E-state index is 12.7. The van der Waals surface area contributed by atoms with Gasteiger partial charge in [0.15, 0.2) is 0 Å². The lowest BCUT2D eigenvalue weighted by Crippen LogP contribution is -2.37. The quantitative estimate of drug-likeness (QED) is 0.678. The zero-order valence-corrected chi connectivity index (χ0v) is 19.2. The lowest BCUT2D eigenvalue weighted by atomic mass is 9.85. The van der Waals surface area contributed by atoms with Crippen molar-refractivity contribution < 1.29 is 8.42 Å². The first-order chi connectivity index (χ1) is 14.5. The molecular formula is C23H31N3O2S2. The van der Waals surface area contributed by atoms with Gasteiger partial charge in [-0.3, -0.25) is 4.68 Å². The number of aromatic nitrogens is 2. The molecule has 1 saturated carbocycles. The molecule has 1 atom stereocenters. The largest absolute Gasteiger partial charge is 0.264 e. The number of sulfonamides is 1. The van der Waals surface area contributed by atoms with Gasteiger partial charge in [0.05, 0.1) is 12.2 Å². The van der Waals surface area contributed by atoms with Crippen molar-refractivity contribution in [2.45, 2.75) is 63.8 Å². The van der Waals surface area contributed by atoms with Crippen LogP contribution in [0.1, 0.15) is 61.5 Å². The van der Waals surface area contributed by atoms with E-state index in [-0.39, 0.29) is 6.04 Å². The highest BCUT2D eigenvalue weighted by Gasteiger charge is 2.24. The van der Waals surface area contributed by atoms with Crippen LogP contribution in [0.25, 0.3) is 6.08 Å². The minimum atomic E-state index is -3.49. The van der Waals surface area contributed by atoms with Crippen molar-refractivity contribution in [3.63, 3.8) is 0 Å². The Labute approximate surface area is 184 Å². The molecule has 1 aromatic heterocycles. The van der Waals surface area contributed by atoms with Gasteiger partial charge in [0.25, 0.3) is 0 Å². The summed E-state index contributed by atoms with van der Waals surface area (Å²) in [5.74, 6) is 2.40. The third kappa shape index (κ3) is 5.37. The number of nitrogens with one attached hydrogen (secondary N) is 1. The van der Waals surface area contributed by atoms with Gasteiger partial charge >= 0.3 is 0 Å². The van der Waals surface area contributed by atoms with Gasteiger partial charge in [-0.1, -0.05) is 49.6 Å². The first-order valence-electron chi connectivity index (χ1n) is 10.9. The fraction of sp³-hybridized carbons (Fsp3) is 0.522. The maximum Gasteiger partial charge on any atom is 0.234 e. The van der Waals surface area contributed by atoms with E-state index in [1.807, 2.05) is 36.9 Å². The zero-order valence-electron chi connectivity index (χ0n) is 17.6. The van der Waals surface area contributed by atoms with Crippen molar-refractivity contribution in [2.24, 2.45) is 5.92 Å². The minimum absolute atomic E-state index is 0.0277. The van der Waals surface area contributed by atoms with E-state index in [4.69, 9.17) is 5.10 Å². The van der Waals surface area contributed by atoms with Gasteiger partial charge in [-0.2, -0.15) is 16.9 Å². The van der Waals surface area contributed by atoms with E-state index in [1.165, 1.54) is 41.5 Å². The van der Waals surface area contributed by atoms with E-state index in [9.17, 15) is 8.42 Å². The molecule has 1 fully saturated rings. The first-order valence-corrected chi connectivity index (χ1v) is 13.6. The van der Waals surface area contributed by atoms with Crippen molar-refractivity contribution in [3.05, 3.63) is 58.3 Å². The summed E-state index contributed by atoms with van der Waals surface area (Å²) >= 11 is 1.88. The predicted octanol–water partition coefficient (Wildman–Crippen LogP) is 4.58. The fourth-order valence-electron chi connectivity index (χ4n) is 4.54. The second kappa shape index (κ2) is 9.71. The second-order valence-electron chi connectivity index (χ2n) is 8.41. The highest BCUT2D eigenvalue weighted by Crippen LogP contribution is 2.29. The Hall–Kier alpha value is -1.57. The standard InChI is InChI=1S/C23H31N3O2S2/c1-18(20-10-6-3-7-11-20)25-30(27,28)15-13-22-21-17-29-14-12-23(21)26(24-22)16-19-8-4-2-5-9-19/h2,4-5,8-9,13,15,18,20,25H,3,6-7,10-12,14,16-17H2,1H3/t18-/m1/s1. The SMILES string of the molecule is C[C@@H](NS(=O)(=O)C=Cc1nn(Cc2ccccc2)c2c1CSCC2)C1CCCCC1. The molecule has 0 bridgehead atoms. The summed E-state index contributed by atoms with van der Waals surface area (Å²) in [5.41, 5.74) is 4.39. The summed E-state index contributed by atoms with van der Waals surface area (Å²) in [6.07, 6.45) is 8.55. The molecule has 0 spiro atoms. The molecule has 2 aliphatic rings. The smallest absolute Gasteiger partial charge is 0.234 e. The monoisotopic (exact) mass is 445 g/mol. The molecule has 30 heavy (non-hydrogen) atoms. The van der Waals surface area contributed by atoms with E-state index in [0.717, 1.165) is 36.5 Å². The van der Waals surface area contributed by atoms with E-state index in [0.29, 0.717) is 12.5 Å². The molecule has 1 aromatic carbocycles. The van der Waals surface area contributed by atoms with Crippen molar-refractivity contribution >= 4 is 27.9 Å². The van der Waals surface area contributed by atoms with Gasteiger partial charge in [-0.15, -0.1) is 0 Å². The number of thioether (sulfide) groups is 1. The molecule has 0 amide bonds. The number of hydrogen-bond donors (Lipinski definition) is 1. The van der Waals surface area contributed by atoms with Gasteiger partial charge in [0, 0.05) is 28.5 Å². The maximum atomic E-state index is 12.7. The van der Waals surface area contributed by atoms with Gasteiger partial charge in [0.1, 0.15) is 0 Å². The average molecular weight is 446 g/mol. The zero-order chi connectivity index (χ0) is 21.0. The second-order valence-corrected chi connectivity index (χ2v) is 11.1. The molecule has 0 unspecified atom stereocenters. The van der Waals surface area contributed by atoms with Crippen molar-refractivity contribution in [1.82, 2.24) is 14.5 Å². The van der Waals surface area contributed by atoms with Gasteiger partial charge < -0.3 is 0 Å². The molecule has 162 valence electrons. The molecule has 7 heteroatoms. The van der Waals surface area contributed by atoms with Gasteiger partial charge in [-0.25, -0.2) is 13.1 Å². The van der Waals surface area contributed by atoms with Crippen LogP contribution in [0.4, 0.5) is 0 Å². The number of nitrogens with zero attached hydrogens (tertiary/aromatic N) is 2. The number of rotatable bonds is 7. The van der Waals surface area contributed by atoms with Crippen LogP contribution >= 0.6 is 11.8 Å². The Bertz CT molecular complexity index is 977. The molecule has 1 aliphatic heterocycles. The van der Waals surface area contributed by atoms with Crippen LogP contribution in [0.5, 0.6) is 0 Å². The Morgan fingerprint density at radius 1 is 1.23 bits per heavy atom. The molecular weight excluding hydrogens is 414 g/mol. The Kier molecular flexibility index (Phi) is 7.01. The van der Waals surface area contributed by atoms with Crippen LogP contribution < -0.4 is 4.72 Å². The van der Waals surface area contributed by atoms with Crippen LogP contribution in [-0.2, 0) is 28.7 Å². The molecule has 1 aliphatic carbocycles. The van der Waals surface area contributed by atoms with E-state index < -0.39 is 10.0 Å². The predicted molar refractivity (Wildman–Crippen MR) is 125 cm³/mol. The van der Waals surface area contributed by atoms with Crippen LogP contribution in [0.2, 0.25) is 0 Å². The molecule has 2 heterocycles. The van der Waals surface area contributed by atoms with E-state index in [2.05, 4.69) is 21.5 Å². The van der Waals surface area contributed by atoms with Crippen LogP contribution in [0, 0.1) is 5.92 Å². The fourth-order valence-corrected chi connectivity index (χ4v) is 6.64. The number of hydrogen-bond acceptors (Lipinski definition) is 4. The van der Waals surface area contributed by atoms with Gasteiger partial charge in [0.2, 0.25) is 10.0 Å². The third-order valence-corrected chi connectivity index (χ3v) is 8.39. The number of benzene rings is 1. The van der Waals surface area contributed by atoms with E-state index >= 15 is 0 Å². The summed E-state index contributed by atoms with van der Waals surface area (Å²) in [5, 5.41) is 6.09. The van der Waals surface area contributed by atoms with Crippen LogP contribution in [0.3, 0.4) is 0 Å². The van der Waals surface area contributed by atoms with Crippen molar-refractivity contribution in [2.75, 3.05) is 5.75 Å². The molecule has 0 saturated heterocycles. The van der Waals surface area contributed by atoms with Gasteiger partial charge in [-0.05, 0) is 49.5 Å². The summed E-state index contributed by atoms with van der Waals surface area (Å²) < 4.78 is 30.3. The first kappa shape index (κ1) is 21.7. The average Bonchev–Trinajstić information content (AvgIpc) is 3.11. The Balaban J connectivity index is 1.51.